The van der Waals surface area contributed by atoms with Gasteiger partial charge in [-0.1, -0.05) is 0 Å². The van der Waals surface area contributed by atoms with E-state index in [-0.39, 0.29) is 10.6 Å². The molecule has 0 aromatic heterocycles. The van der Waals surface area contributed by atoms with E-state index in [0.29, 0.717) is 23.4 Å². The van der Waals surface area contributed by atoms with Crippen LogP contribution in [0.1, 0.15) is 19.8 Å². The maximum absolute atomic E-state index is 12.6. The smallest absolute Gasteiger partial charge is 0.244 e. The van der Waals surface area contributed by atoms with Crippen LogP contribution >= 0.6 is 15.9 Å². The highest BCUT2D eigenvalue weighted by Gasteiger charge is 2.34. The molecular weight excluding hydrogens is 360 g/mol. The molecule has 1 fully saturated rings. The summed E-state index contributed by atoms with van der Waals surface area (Å²) in [6.45, 7) is 2.84. The Kier molecular flexibility index (Phi) is 4.82. The van der Waals surface area contributed by atoms with Crippen molar-refractivity contribution in [1.29, 1.82) is 0 Å². The first-order valence-corrected chi connectivity index (χ1v) is 8.80. The highest BCUT2D eigenvalue weighted by atomic mass is 79.9. The second-order valence-electron chi connectivity index (χ2n) is 5.35. The lowest BCUT2D eigenvalue weighted by molar-refractivity contribution is 0.0386. The summed E-state index contributed by atoms with van der Waals surface area (Å²) in [4.78, 5) is 0.0255. The van der Waals surface area contributed by atoms with E-state index in [4.69, 9.17) is 15.2 Å². The van der Waals surface area contributed by atoms with Crippen molar-refractivity contribution in [3.05, 3.63) is 16.6 Å². The van der Waals surface area contributed by atoms with E-state index < -0.39 is 15.6 Å². The molecule has 1 unspecified atom stereocenters. The zero-order chi connectivity index (χ0) is 15.7. The number of nitrogen functional groups attached to an aromatic ring is 1. The van der Waals surface area contributed by atoms with Crippen molar-refractivity contribution in [3.8, 4) is 5.75 Å². The Morgan fingerprint density at radius 3 is 2.76 bits per heavy atom. The third-order valence-corrected chi connectivity index (χ3v) is 5.74. The maximum Gasteiger partial charge on any atom is 0.244 e. The number of nitrogens with two attached hydrogens (primary N) is 1. The molecule has 0 bridgehead atoms. The van der Waals surface area contributed by atoms with Gasteiger partial charge in [-0.05, 0) is 47.8 Å². The standard InChI is InChI=1S/C13H19BrN2O4S/c1-13(4-3-5-20-8-13)16-21(17,18)12-7-10(15)9(14)6-11(12)19-2/h6-7,16H,3-5,8,15H2,1-2H3. The van der Waals surface area contributed by atoms with Gasteiger partial charge >= 0.3 is 0 Å². The number of anilines is 1. The monoisotopic (exact) mass is 378 g/mol. The van der Waals surface area contributed by atoms with Gasteiger partial charge in [0.15, 0.2) is 0 Å². The van der Waals surface area contributed by atoms with E-state index in [1.807, 2.05) is 6.92 Å². The normalized spacial score (nSPS) is 23.0. The zero-order valence-electron chi connectivity index (χ0n) is 12.0. The molecule has 0 saturated carbocycles. The van der Waals surface area contributed by atoms with Gasteiger partial charge in [0.05, 0.1) is 19.3 Å². The quantitative estimate of drug-likeness (QED) is 0.780. The van der Waals surface area contributed by atoms with Gasteiger partial charge in [-0.25, -0.2) is 13.1 Å². The minimum absolute atomic E-state index is 0.0255. The van der Waals surface area contributed by atoms with Gasteiger partial charge in [0.2, 0.25) is 10.0 Å². The van der Waals surface area contributed by atoms with Crippen molar-refractivity contribution in [1.82, 2.24) is 4.72 Å². The number of hydrogen-bond acceptors (Lipinski definition) is 5. The molecule has 1 aromatic rings. The first kappa shape index (κ1) is 16.5. The van der Waals surface area contributed by atoms with E-state index >= 15 is 0 Å². The van der Waals surface area contributed by atoms with E-state index in [1.165, 1.54) is 13.2 Å². The Morgan fingerprint density at radius 1 is 1.48 bits per heavy atom. The van der Waals surface area contributed by atoms with Gasteiger partial charge < -0.3 is 15.2 Å². The fourth-order valence-corrected chi connectivity index (χ4v) is 4.25. The van der Waals surface area contributed by atoms with Crippen LogP contribution in [0, 0.1) is 0 Å². The molecule has 1 heterocycles. The fraction of sp³-hybridized carbons (Fsp3) is 0.538. The Labute approximate surface area is 133 Å². The van der Waals surface area contributed by atoms with E-state index in [0.717, 1.165) is 12.8 Å². The molecule has 0 aliphatic carbocycles. The Morgan fingerprint density at radius 2 is 2.19 bits per heavy atom. The van der Waals surface area contributed by atoms with E-state index in [9.17, 15) is 8.42 Å². The Bertz CT molecular complexity index is 627. The van der Waals surface area contributed by atoms with Gasteiger partial charge in [-0.15, -0.1) is 0 Å². The molecule has 1 saturated heterocycles. The Hall–Kier alpha value is -0.830. The average molecular weight is 379 g/mol. The van der Waals surface area contributed by atoms with Crippen LogP contribution in [0.4, 0.5) is 5.69 Å². The van der Waals surface area contributed by atoms with Gasteiger partial charge in [0.25, 0.3) is 0 Å². The molecule has 8 heteroatoms. The van der Waals surface area contributed by atoms with Crippen LogP contribution in [0.3, 0.4) is 0 Å². The zero-order valence-corrected chi connectivity index (χ0v) is 14.4. The van der Waals surface area contributed by atoms with Crippen LogP contribution in [-0.2, 0) is 14.8 Å². The third kappa shape index (κ3) is 3.68. The molecule has 0 radical (unpaired) electrons. The molecule has 1 aromatic carbocycles. The van der Waals surface area contributed by atoms with E-state index in [1.54, 1.807) is 6.07 Å². The third-order valence-electron chi connectivity index (χ3n) is 3.39. The topological polar surface area (TPSA) is 90.7 Å². The summed E-state index contributed by atoms with van der Waals surface area (Å²) >= 11 is 3.26. The van der Waals surface area contributed by atoms with Gasteiger partial charge in [0, 0.05) is 16.8 Å². The lowest BCUT2D eigenvalue weighted by Crippen LogP contribution is -2.51. The highest BCUT2D eigenvalue weighted by Crippen LogP contribution is 2.33. The molecule has 3 N–H and O–H groups in total. The van der Waals surface area contributed by atoms with Crippen molar-refractivity contribution in [2.24, 2.45) is 0 Å². The first-order valence-electron chi connectivity index (χ1n) is 6.52. The molecule has 21 heavy (non-hydrogen) atoms. The number of methoxy groups -OCH3 is 1. The summed E-state index contributed by atoms with van der Waals surface area (Å²) in [5.41, 5.74) is 5.50. The number of nitrogens with one attached hydrogen (secondary N) is 1. The van der Waals surface area contributed by atoms with Crippen molar-refractivity contribution in [2.45, 2.75) is 30.2 Å². The maximum atomic E-state index is 12.6. The predicted octanol–water partition coefficient (Wildman–Crippen LogP) is 1.89. The molecule has 0 amide bonds. The van der Waals surface area contributed by atoms with Crippen LogP contribution < -0.4 is 15.2 Å². The largest absolute Gasteiger partial charge is 0.495 e. The van der Waals surface area contributed by atoms with Crippen LogP contribution in [0.2, 0.25) is 0 Å². The molecule has 0 spiro atoms. The summed E-state index contributed by atoms with van der Waals surface area (Å²) in [5, 5.41) is 0. The summed E-state index contributed by atoms with van der Waals surface area (Å²) in [6.07, 6.45) is 1.54. The number of rotatable bonds is 4. The average Bonchev–Trinajstić information content (AvgIpc) is 2.40. The van der Waals surface area contributed by atoms with Crippen molar-refractivity contribution < 1.29 is 17.9 Å². The molecule has 1 aliphatic rings. The summed E-state index contributed by atoms with van der Waals surface area (Å²) < 4.78 is 39.1. The van der Waals surface area contributed by atoms with Crippen LogP contribution in [-0.4, -0.2) is 34.3 Å². The van der Waals surface area contributed by atoms with Gasteiger partial charge in [-0.3, -0.25) is 0 Å². The van der Waals surface area contributed by atoms with Crippen molar-refractivity contribution in [3.63, 3.8) is 0 Å². The lowest BCUT2D eigenvalue weighted by atomic mass is 9.97. The van der Waals surface area contributed by atoms with Crippen molar-refractivity contribution >= 4 is 31.6 Å². The lowest BCUT2D eigenvalue weighted by Gasteiger charge is -2.34. The second kappa shape index (κ2) is 6.12. The molecule has 118 valence electrons. The molecule has 1 aliphatic heterocycles. The number of hydrogen-bond donors (Lipinski definition) is 2. The van der Waals surface area contributed by atoms with Crippen LogP contribution in [0.15, 0.2) is 21.5 Å². The second-order valence-corrected chi connectivity index (χ2v) is 7.85. The molecule has 6 nitrogen and oxygen atoms in total. The molecular formula is C13H19BrN2O4S. The van der Waals surface area contributed by atoms with Gasteiger partial charge in [0.1, 0.15) is 10.6 Å². The summed E-state index contributed by atoms with van der Waals surface area (Å²) in [7, 11) is -2.34. The SMILES string of the molecule is COc1cc(Br)c(N)cc1S(=O)(=O)NC1(C)CCCOC1. The number of halogens is 1. The minimum Gasteiger partial charge on any atom is -0.495 e. The Balaban J connectivity index is 2.37. The summed E-state index contributed by atoms with van der Waals surface area (Å²) in [5.74, 6) is 0.240. The van der Waals surface area contributed by atoms with Crippen molar-refractivity contribution in [2.75, 3.05) is 26.1 Å². The fourth-order valence-electron chi connectivity index (χ4n) is 2.31. The first-order chi connectivity index (χ1) is 9.77. The highest BCUT2D eigenvalue weighted by molar-refractivity contribution is 9.10. The summed E-state index contributed by atoms with van der Waals surface area (Å²) in [6, 6.07) is 2.93. The molecule has 1 atom stereocenters. The molecule has 2 rings (SSSR count). The number of ether oxygens (including phenoxy) is 2. The number of sulfonamides is 1. The van der Waals surface area contributed by atoms with Crippen LogP contribution in [0.5, 0.6) is 5.75 Å². The predicted molar refractivity (Wildman–Crippen MR) is 83.9 cm³/mol. The van der Waals surface area contributed by atoms with Crippen LogP contribution in [0.25, 0.3) is 0 Å². The minimum atomic E-state index is -3.76. The van der Waals surface area contributed by atoms with E-state index in [2.05, 4.69) is 20.7 Å². The number of benzene rings is 1. The van der Waals surface area contributed by atoms with Gasteiger partial charge in [-0.2, -0.15) is 0 Å².